The molecule has 5 heteroatoms. The van der Waals surface area contributed by atoms with Crippen LogP contribution in [0.2, 0.25) is 0 Å². The standard InChI is InChI=1S/C13H18N2O2S/c14-8-13(9-18(16,17)10-13)15-6-5-11-3-1-2-4-12(11)7-15/h1-4H,5-10,14H2. The summed E-state index contributed by atoms with van der Waals surface area (Å²) in [5.41, 5.74) is 8.21. The summed E-state index contributed by atoms with van der Waals surface area (Å²) < 4.78 is 22.9. The topological polar surface area (TPSA) is 63.4 Å². The van der Waals surface area contributed by atoms with Gasteiger partial charge in [0.15, 0.2) is 9.84 Å². The van der Waals surface area contributed by atoms with Crippen molar-refractivity contribution in [3.8, 4) is 0 Å². The van der Waals surface area contributed by atoms with Crippen molar-refractivity contribution in [2.45, 2.75) is 18.5 Å². The van der Waals surface area contributed by atoms with Gasteiger partial charge in [-0.3, -0.25) is 4.90 Å². The van der Waals surface area contributed by atoms with E-state index in [1.165, 1.54) is 11.1 Å². The summed E-state index contributed by atoms with van der Waals surface area (Å²) in [7, 11) is -2.85. The minimum atomic E-state index is -2.85. The van der Waals surface area contributed by atoms with Crippen molar-refractivity contribution >= 4 is 9.84 Å². The van der Waals surface area contributed by atoms with Crippen LogP contribution in [0.5, 0.6) is 0 Å². The van der Waals surface area contributed by atoms with Crippen molar-refractivity contribution in [3.05, 3.63) is 35.4 Å². The lowest BCUT2D eigenvalue weighted by molar-refractivity contribution is 0.103. The first kappa shape index (κ1) is 12.1. The molecule has 0 aromatic heterocycles. The van der Waals surface area contributed by atoms with Gasteiger partial charge in [0, 0.05) is 19.6 Å². The van der Waals surface area contributed by atoms with Crippen molar-refractivity contribution in [3.63, 3.8) is 0 Å². The first-order valence-electron chi connectivity index (χ1n) is 6.27. The summed E-state index contributed by atoms with van der Waals surface area (Å²) in [6.07, 6.45) is 0.984. The van der Waals surface area contributed by atoms with E-state index in [1.54, 1.807) is 0 Å². The van der Waals surface area contributed by atoms with E-state index in [9.17, 15) is 8.42 Å². The molecule has 2 aliphatic rings. The van der Waals surface area contributed by atoms with Crippen LogP contribution in [0, 0.1) is 0 Å². The molecule has 0 amide bonds. The highest BCUT2D eigenvalue weighted by Gasteiger charge is 2.51. The zero-order valence-corrected chi connectivity index (χ0v) is 11.1. The van der Waals surface area contributed by atoms with Gasteiger partial charge in [-0.05, 0) is 17.5 Å². The van der Waals surface area contributed by atoms with E-state index >= 15 is 0 Å². The van der Waals surface area contributed by atoms with Gasteiger partial charge in [0.25, 0.3) is 0 Å². The van der Waals surface area contributed by atoms with Crippen molar-refractivity contribution in [2.24, 2.45) is 5.73 Å². The fraction of sp³-hybridized carbons (Fsp3) is 0.538. The molecule has 18 heavy (non-hydrogen) atoms. The zero-order chi connectivity index (χ0) is 12.8. The molecule has 0 bridgehead atoms. The van der Waals surface area contributed by atoms with Crippen LogP contribution in [0.25, 0.3) is 0 Å². The molecule has 1 aromatic rings. The molecule has 0 unspecified atom stereocenters. The van der Waals surface area contributed by atoms with Crippen molar-refractivity contribution in [1.82, 2.24) is 4.90 Å². The predicted molar refractivity (Wildman–Crippen MR) is 71.0 cm³/mol. The monoisotopic (exact) mass is 266 g/mol. The quantitative estimate of drug-likeness (QED) is 0.829. The summed E-state index contributed by atoms with van der Waals surface area (Å²) in [5, 5.41) is 0. The van der Waals surface area contributed by atoms with Crippen LogP contribution >= 0.6 is 0 Å². The Balaban J connectivity index is 1.84. The second kappa shape index (κ2) is 4.05. The highest BCUT2D eigenvalue weighted by molar-refractivity contribution is 7.93. The number of rotatable bonds is 2. The van der Waals surface area contributed by atoms with Crippen LogP contribution < -0.4 is 5.73 Å². The van der Waals surface area contributed by atoms with Gasteiger partial charge < -0.3 is 5.73 Å². The van der Waals surface area contributed by atoms with E-state index in [2.05, 4.69) is 23.1 Å². The SMILES string of the molecule is NCC1(N2CCc3ccccc3C2)CS(=O)(=O)C1. The molecule has 3 rings (SSSR count). The van der Waals surface area contributed by atoms with Crippen molar-refractivity contribution in [1.29, 1.82) is 0 Å². The molecule has 0 spiro atoms. The smallest absolute Gasteiger partial charge is 0.154 e. The molecule has 0 aliphatic carbocycles. The Kier molecular flexibility index (Phi) is 2.73. The molecular formula is C13H18N2O2S. The molecule has 4 nitrogen and oxygen atoms in total. The summed E-state index contributed by atoms with van der Waals surface area (Å²) >= 11 is 0. The van der Waals surface area contributed by atoms with Gasteiger partial charge >= 0.3 is 0 Å². The molecule has 2 N–H and O–H groups in total. The van der Waals surface area contributed by atoms with Gasteiger partial charge in [0.05, 0.1) is 17.0 Å². The lowest BCUT2D eigenvalue weighted by Gasteiger charge is -2.50. The molecule has 1 aromatic carbocycles. The fourth-order valence-electron chi connectivity index (χ4n) is 3.11. The maximum atomic E-state index is 11.5. The van der Waals surface area contributed by atoms with Gasteiger partial charge in [0.2, 0.25) is 0 Å². The van der Waals surface area contributed by atoms with E-state index in [-0.39, 0.29) is 17.0 Å². The van der Waals surface area contributed by atoms with Crippen molar-refractivity contribution < 1.29 is 8.42 Å². The Morgan fingerprint density at radius 1 is 1.22 bits per heavy atom. The predicted octanol–water partition coefficient (Wildman–Crippen LogP) is 0.171. The summed E-state index contributed by atoms with van der Waals surface area (Å²) in [6.45, 7) is 2.15. The average molecular weight is 266 g/mol. The third-order valence-electron chi connectivity index (χ3n) is 4.16. The summed E-state index contributed by atoms with van der Waals surface area (Å²) in [6, 6.07) is 8.37. The van der Waals surface area contributed by atoms with E-state index in [0.29, 0.717) is 6.54 Å². The molecule has 1 saturated heterocycles. The van der Waals surface area contributed by atoms with Gasteiger partial charge in [-0.1, -0.05) is 24.3 Å². The second-order valence-electron chi connectivity index (χ2n) is 5.40. The van der Waals surface area contributed by atoms with Crippen LogP contribution in [-0.4, -0.2) is 43.5 Å². The normalized spacial score (nSPS) is 25.2. The lowest BCUT2D eigenvalue weighted by Crippen LogP contribution is -2.69. The Labute approximate surface area is 108 Å². The Hall–Kier alpha value is -0.910. The summed E-state index contributed by atoms with van der Waals surface area (Å²) in [5.74, 6) is 0.442. The fourth-order valence-corrected chi connectivity index (χ4v) is 5.26. The number of benzene rings is 1. The zero-order valence-electron chi connectivity index (χ0n) is 10.3. The van der Waals surface area contributed by atoms with E-state index in [1.807, 2.05) is 6.07 Å². The average Bonchev–Trinajstić information content (AvgIpc) is 2.34. The minimum Gasteiger partial charge on any atom is -0.329 e. The molecule has 2 aliphatic heterocycles. The van der Waals surface area contributed by atoms with E-state index in [0.717, 1.165) is 19.5 Å². The van der Waals surface area contributed by atoms with Crippen LogP contribution in [-0.2, 0) is 22.8 Å². The van der Waals surface area contributed by atoms with Gasteiger partial charge in [-0.15, -0.1) is 0 Å². The third-order valence-corrected chi connectivity index (χ3v) is 6.11. The minimum absolute atomic E-state index is 0.221. The molecule has 0 atom stereocenters. The molecule has 2 heterocycles. The maximum absolute atomic E-state index is 11.5. The summed E-state index contributed by atoms with van der Waals surface area (Å²) in [4.78, 5) is 2.26. The molecule has 98 valence electrons. The Bertz CT molecular complexity index is 556. The number of sulfone groups is 1. The lowest BCUT2D eigenvalue weighted by atomic mass is 9.93. The number of nitrogens with zero attached hydrogens (tertiary/aromatic N) is 1. The number of nitrogens with two attached hydrogens (primary N) is 1. The van der Waals surface area contributed by atoms with Crippen LogP contribution in [0.1, 0.15) is 11.1 Å². The van der Waals surface area contributed by atoms with Gasteiger partial charge in [0.1, 0.15) is 0 Å². The highest BCUT2D eigenvalue weighted by Crippen LogP contribution is 2.33. The molecular weight excluding hydrogens is 248 g/mol. The maximum Gasteiger partial charge on any atom is 0.154 e. The Morgan fingerprint density at radius 3 is 2.50 bits per heavy atom. The molecule has 1 fully saturated rings. The van der Waals surface area contributed by atoms with E-state index in [4.69, 9.17) is 5.73 Å². The first-order valence-corrected chi connectivity index (χ1v) is 8.09. The van der Waals surface area contributed by atoms with Gasteiger partial charge in [-0.2, -0.15) is 0 Å². The van der Waals surface area contributed by atoms with Crippen LogP contribution in [0.3, 0.4) is 0 Å². The second-order valence-corrected chi connectivity index (χ2v) is 7.47. The highest BCUT2D eigenvalue weighted by atomic mass is 32.2. The third kappa shape index (κ3) is 1.86. The number of fused-ring (bicyclic) bond motifs is 1. The number of hydrogen-bond acceptors (Lipinski definition) is 4. The van der Waals surface area contributed by atoms with Crippen LogP contribution in [0.4, 0.5) is 0 Å². The Morgan fingerprint density at radius 2 is 1.89 bits per heavy atom. The van der Waals surface area contributed by atoms with E-state index < -0.39 is 9.84 Å². The number of hydrogen-bond donors (Lipinski definition) is 1. The molecule has 0 radical (unpaired) electrons. The van der Waals surface area contributed by atoms with Crippen molar-refractivity contribution in [2.75, 3.05) is 24.6 Å². The van der Waals surface area contributed by atoms with Crippen LogP contribution in [0.15, 0.2) is 24.3 Å². The van der Waals surface area contributed by atoms with Gasteiger partial charge in [-0.25, -0.2) is 8.42 Å². The largest absolute Gasteiger partial charge is 0.329 e. The molecule has 0 saturated carbocycles. The first-order chi connectivity index (χ1) is 8.55.